The first-order valence-corrected chi connectivity index (χ1v) is 7.31. The molecule has 1 aliphatic rings. The van der Waals surface area contributed by atoms with Crippen molar-refractivity contribution in [1.82, 2.24) is 4.90 Å². The van der Waals surface area contributed by atoms with Gasteiger partial charge in [0.05, 0.1) is 0 Å². The van der Waals surface area contributed by atoms with Gasteiger partial charge in [0, 0.05) is 6.04 Å². The van der Waals surface area contributed by atoms with Gasteiger partial charge in [0.2, 0.25) is 0 Å². The van der Waals surface area contributed by atoms with Crippen LogP contribution in [0.2, 0.25) is 0 Å². The molecule has 0 N–H and O–H groups in total. The summed E-state index contributed by atoms with van der Waals surface area (Å²) in [6.07, 6.45) is 5.47. The molecule has 0 radical (unpaired) electrons. The molecule has 100 valence electrons. The Balaban J connectivity index is 2.03. The lowest BCUT2D eigenvalue weighted by Crippen LogP contribution is -2.47. The summed E-state index contributed by atoms with van der Waals surface area (Å²) in [7, 11) is 0. The molecule has 18 heavy (non-hydrogen) atoms. The highest BCUT2D eigenvalue weighted by Gasteiger charge is 2.30. The van der Waals surface area contributed by atoms with Crippen LogP contribution in [0, 0.1) is 0 Å². The summed E-state index contributed by atoms with van der Waals surface area (Å²) >= 11 is 0. The number of hydrogen-bond acceptors (Lipinski definition) is 2. The Bertz CT molecular complexity index is 334. The summed E-state index contributed by atoms with van der Waals surface area (Å²) in [5, 5.41) is 0. The van der Waals surface area contributed by atoms with Crippen LogP contribution in [-0.4, -0.2) is 30.1 Å². The van der Waals surface area contributed by atoms with Crippen LogP contribution >= 0.6 is 0 Å². The van der Waals surface area contributed by atoms with Crippen LogP contribution in [0.25, 0.3) is 0 Å². The molecule has 1 saturated carbocycles. The fraction of sp³-hybridized carbons (Fsp3) is 0.625. The molecule has 0 bridgehead atoms. The van der Waals surface area contributed by atoms with Crippen LogP contribution in [0.1, 0.15) is 39.5 Å². The van der Waals surface area contributed by atoms with Crippen LogP contribution in [0.5, 0.6) is 5.75 Å². The summed E-state index contributed by atoms with van der Waals surface area (Å²) in [5.41, 5.74) is 0. The standard InChI is InChI=1S/C16H25NO/c1-3-17(4-2)15-12-8-9-13-16(15)18-14-10-6-5-7-11-14/h5-7,10-11,15-16H,3-4,8-9,12-13H2,1-2H3. The Hall–Kier alpha value is -1.02. The molecule has 1 aromatic rings. The van der Waals surface area contributed by atoms with E-state index in [-0.39, 0.29) is 0 Å². The van der Waals surface area contributed by atoms with Crippen LogP contribution in [0.4, 0.5) is 0 Å². The molecule has 0 aliphatic heterocycles. The molecule has 2 unspecified atom stereocenters. The van der Waals surface area contributed by atoms with Crippen molar-refractivity contribution in [3.63, 3.8) is 0 Å². The smallest absolute Gasteiger partial charge is 0.119 e. The molecule has 2 rings (SSSR count). The van der Waals surface area contributed by atoms with Gasteiger partial charge in [0.25, 0.3) is 0 Å². The largest absolute Gasteiger partial charge is 0.489 e. The van der Waals surface area contributed by atoms with Gasteiger partial charge in [-0.15, -0.1) is 0 Å². The Morgan fingerprint density at radius 3 is 2.39 bits per heavy atom. The molecule has 0 aromatic heterocycles. The van der Waals surface area contributed by atoms with E-state index in [0.29, 0.717) is 12.1 Å². The molecule has 2 nitrogen and oxygen atoms in total. The second kappa shape index (κ2) is 6.79. The Morgan fingerprint density at radius 1 is 1.06 bits per heavy atom. The van der Waals surface area contributed by atoms with Gasteiger partial charge in [-0.25, -0.2) is 0 Å². The molecule has 1 fully saturated rings. The number of nitrogens with zero attached hydrogens (tertiary/aromatic N) is 1. The quantitative estimate of drug-likeness (QED) is 0.786. The van der Waals surface area contributed by atoms with Gasteiger partial charge in [-0.2, -0.15) is 0 Å². The first kappa shape index (κ1) is 13.4. The monoisotopic (exact) mass is 247 g/mol. The van der Waals surface area contributed by atoms with E-state index >= 15 is 0 Å². The van der Waals surface area contributed by atoms with E-state index in [1.54, 1.807) is 0 Å². The number of benzene rings is 1. The maximum Gasteiger partial charge on any atom is 0.119 e. The molecule has 1 aliphatic carbocycles. The van der Waals surface area contributed by atoms with Gasteiger partial charge in [0.15, 0.2) is 0 Å². The summed E-state index contributed by atoms with van der Waals surface area (Å²) < 4.78 is 6.21. The van der Waals surface area contributed by atoms with E-state index in [1.165, 1.54) is 25.7 Å². The van der Waals surface area contributed by atoms with Crippen molar-refractivity contribution in [2.75, 3.05) is 13.1 Å². The topological polar surface area (TPSA) is 12.5 Å². The lowest BCUT2D eigenvalue weighted by molar-refractivity contribution is 0.0413. The third-order valence-corrected chi connectivity index (χ3v) is 3.98. The van der Waals surface area contributed by atoms with E-state index in [0.717, 1.165) is 18.8 Å². The molecular formula is C16H25NO. The molecule has 1 aromatic carbocycles. The molecular weight excluding hydrogens is 222 g/mol. The van der Waals surface area contributed by atoms with E-state index in [4.69, 9.17) is 4.74 Å². The lowest BCUT2D eigenvalue weighted by Gasteiger charge is -2.39. The Kier molecular flexibility index (Phi) is 5.06. The van der Waals surface area contributed by atoms with E-state index < -0.39 is 0 Å². The van der Waals surface area contributed by atoms with Crippen LogP contribution in [0.3, 0.4) is 0 Å². The normalized spacial score (nSPS) is 24.2. The number of ether oxygens (including phenoxy) is 1. The third kappa shape index (κ3) is 3.26. The van der Waals surface area contributed by atoms with E-state index in [1.807, 2.05) is 18.2 Å². The highest BCUT2D eigenvalue weighted by molar-refractivity contribution is 5.21. The molecule has 2 atom stereocenters. The van der Waals surface area contributed by atoms with Crippen molar-refractivity contribution in [3.05, 3.63) is 30.3 Å². The fourth-order valence-corrected chi connectivity index (χ4v) is 3.00. The van der Waals surface area contributed by atoms with Gasteiger partial charge in [-0.05, 0) is 44.5 Å². The van der Waals surface area contributed by atoms with E-state index in [9.17, 15) is 0 Å². The number of likely N-dealkylation sites (N-methyl/N-ethyl adjacent to an activating group) is 1. The minimum Gasteiger partial charge on any atom is -0.489 e. The minimum atomic E-state index is 0.362. The van der Waals surface area contributed by atoms with E-state index in [2.05, 4.69) is 30.9 Å². The summed E-state index contributed by atoms with van der Waals surface area (Å²) in [5.74, 6) is 1.02. The predicted molar refractivity (Wildman–Crippen MR) is 76.0 cm³/mol. The van der Waals surface area contributed by atoms with Gasteiger partial charge in [-0.3, -0.25) is 4.90 Å². The molecule has 2 heteroatoms. The minimum absolute atomic E-state index is 0.362. The van der Waals surface area contributed by atoms with Crippen molar-refractivity contribution in [3.8, 4) is 5.75 Å². The molecule has 0 saturated heterocycles. The highest BCUT2D eigenvalue weighted by atomic mass is 16.5. The SMILES string of the molecule is CCN(CC)C1CCCCC1Oc1ccccc1. The third-order valence-electron chi connectivity index (χ3n) is 3.98. The van der Waals surface area contributed by atoms with Crippen molar-refractivity contribution in [1.29, 1.82) is 0 Å². The zero-order valence-electron chi connectivity index (χ0n) is 11.6. The molecule has 0 amide bonds. The fourth-order valence-electron chi connectivity index (χ4n) is 3.00. The predicted octanol–water partition coefficient (Wildman–Crippen LogP) is 3.72. The maximum atomic E-state index is 6.21. The van der Waals surface area contributed by atoms with Crippen molar-refractivity contribution in [2.24, 2.45) is 0 Å². The van der Waals surface area contributed by atoms with Crippen molar-refractivity contribution in [2.45, 2.75) is 51.7 Å². The highest BCUT2D eigenvalue weighted by Crippen LogP contribution is 2.27. The molecule has 0 heterocycles. The van der Waals surface area contributed by atoms with Crippen molar-refractivity contribution < 1.29 is 4.74 Å². The van der Waals surface area contributed by atoms with Crippen LogP contribution in [0.15, 0.2) is 30.3 Å². The summed E-state index contributed by atoms with van der Waals surface area (Å²) in [4.78, 5) is 2.55. The zero-order valence-corrected chi connectivity index (χ0v) is 11.6. The van der Waals surface area contributed by atoms with Gasteiger partial charge < -0.3 is 4.74 Å². The first-order chi connectivity index (χ1) is 8.85. The van der Waals surface area contributed by atoms with Crippen LogP contribution in [-0.2, 0) is 0 Å². The summed E-state index contributed by atoms with van der Waals surface area (Å²) in [6.45, 7) is 6.74. The number of hydrogen-bond donors (Lipinski definition) is 0. The number of para-hydroxylation sites is 1. The van der Waals surface area contributed by atoms with Crippen LogP contribution < -0.4 is 4.74 Å². The zero-order chi connectivity index (χ0) is 12.8. The second-order valence-corrected chi connectivity index (χ2v) is 5.04. The average Bonchev–Trinajstić information content (AvgIpc) is 2.43. The average molecular weight is 247 g/mol. The first-order valence-electron chi connectivity index (χ1n) is 7.31. The van der Waals surface area contributed by atoms with Crippen molar-refractivity contribution >= 4 is 0 Å². The molecule has 0 spiro atoms. The Labute approximate surface area is 111 Å². The van der Waals surface area contributed by atoms with Gasteiger partial charge in [0.1, 0.15) is 11.9 Å². The number of rotatable bonds is 5. The maximum absolute atomic E-state index is 6.21. The second-order valence-electron chi connectivity index (χ2n) is 5.04. The summed E-state index contributed by atoms with van der Waals surface area (Å²) in [6, 6.07) is 10.8. The Morgan fingerprint density at radius 2 is 1.72 bits per heavy atom. The lowest BCUT2D eigenvalue weighted by atomic mass is 9.91. The van der Waals surface area contributed by atoms with Gasteiger partial charge in [-0.1, -0.05) is 38.5 Å². The van der Waals surface area contributed by atoms with Gasteiger partial charge >= 0.3 is 0 Å².